The van der Waals surface area contributed by atoms with E-state index in [0.717, 1.165) is 0 Å². The maximum Gasteiger partial charge on any atom is 0.311 e. The molecule has 0 aromatic carbocycles. The second-order valence-electron chi connectivity index (χ2n) is 1.86. The minimum Gasteiger partial charge on any atom is -0.376 e. The fraction of sp³-hybridized carbons (Fsp3) is 1.00. The van der Waals surface area contributed by atoms with E-state index in [9.17, 15) is 8.42 Å². The van der Waals surface area contributed by atoms with Crippen LogP contribution < -0.4 is 0 Å². The number of alkyl halides is 3. The average Bonchev–Trinajstić information content (AvgIpc) is 1.83. The van der Waals surface area contributed by atoms with Gasteiger partial charge in [-0.2, -0.15) is 8.42 Å². The Kier molecular flexibility index (Phi) is 4.05. The van der Waals surface area contributed by atoms with E-state index in [-0.39, 0.29) is 0 Å². The van der Waals surface area contributed by atoms with Crippen LogP contribution in [0.25, 0.3) is 0 Å². The third-order valence-electron chi connectivity index (χ3n) is 0.943. The number of hydrogen-bond acceptors (Lipinski definition) is 4. The Morgan fingerprint density at radius 2 is 1.67 bits per heavy atom. The lowest BCUT2D eigenvalue weighted by molar-refractivity contribution is 0.138. The highest BCUT2D eigenvalue weighted by Crippen LogP contribution is 2.30. The Morgan fingerprint density at radius 3 is 1.75 bits per heavy atom. The van der Waals surface area contributed by atoms with Gasteiger partial charge in [0.2, 0.25) is 0 Å². The van der Waals surface area contributed by atoms with Crippen molar-refractivity contribution < 1.29 is 23.2 Å². The number of hydrogen-bond donors (Lipinski definition) is 3. The molecule has 0 rings (SSSR count). The third-order valence-corrected chi connectivity index (χ3v) is 3.92. The molecule has 0 heterocycles. The van der Waals surface area contributed by atoms with Gasteiger partial charge in [0.1, 0.15) is 10.9 Å². The molecule has 0 saturated carbocycles. The van der Waals surface area contributed by atoms with Gasteiger partial charge in [0, 0.05) is 0 Å². The summed E-state index contributed by atoms with van der Waals surface area (Å²) in [6, 6.07) is 0. The highest BCUT2D eigenvalue weighted by Gasteiger charge is 2.49. The standard InChI is InChI=1S/C3H5Cl3O5S/c4-1(2(5)7)3(6,8)12(9,10)11/h1-2,7-8H,(H,9,10,11). The Labute approximate surface area is 83.6 Å². The summed E-state index contributed by atoms with van der Waals surface area (Å²) in [6.45, 7) is 0. The predicted molar refractivity (Wildman–Crippen MR) is 43.9 cm³/mol. The van der Waals surface area contributed by atoms with Gasteiger partial charge >= 0.3 is 10.1 Å². The minimum absolute atomic E-state index is 1.91. The zero-order valence-corrected chi connectivity index (χ0v) is 8.44. The summed E-state index contributed by atoms with van der Waals surface area (Å²) >= 11 is 14.9. The van der Waals surface area contributed by atoms with Crippen LogP contribution in [-0.2, 0) is 10.1 Å². The average molecular weight is 259 g/mol. The van der Waals surface area contributed by atoms with Crippen LogP contribution in [-0.4, -0.2) is 38.5 Å². The van der Waals surface area contributed by atoms with E-state index in [0.29, 0.717) is 0 Å². The lowest BCUT2D eigenvalue weighted by Gasteiger charge is -2.23. The molecule has 12 heavy (non-hydrogen) atoms. The van der Waals surface area contributed by atoms with Crippen LogP contribution in [0.4, 0.5) is 0 Å². The monoisotopic (exact) mass is 258 g/mol. The first-order valence-electron chi connectivity index (χ1n) is 2.45. The van der Waals surface area contributed by atoms with Crippen molar-refractivity contribution in [2.24, 2.45) is 0 Å². The maximum atomic E-state index is 10.3. The third kappa shape index (κ3) is 2.59. The Hall–Kier alpha value is 0.700. The molecule has 0 aliphatic rings. The van der Waals surface area contributed by atoms with Crippen molar-refractivity contribution in [3.05, 3.63) is 0 Å². The molecule has 3 N–H and O–H groups in total. The molecule has 0 fully saturated rings. The van der Waals surface area contributed by atoms with Gasteiger partial charge < -0.3 is 10.2 Å². The van der Waals surface area contributed by atoms with Gasteiger partial charge in [0.25, 0.3) is 4.39 Å². The van der Waals surface area contributed by atoms with E-state index in [1.165, 1.54) is 0 Å². The molecule has 5 nitrogen and oxygen atoms in total. The normalized spacial score (nSPS) is 22.8. The van der Waals surface area contributed by atoms with Gasteiger partial charge in [-0.05, 0) is 0 Å². The number of halogens is 3. The van der Waals surface area contributed by atoms with Crippen LogP contribution in [0.5, 0.6) is 0 Å². The molecule has 0 saturated heterocycles. The first-order chi connectivity index (χ1) is 5.10. The predicted octanol–water partition coefficient (Wildman–Crippen LogP) is -0.0763. The molecule has 0 spiro atoms. The van der Waals surface area contributed by atoms with Crippen molar-refractivity contribution in [3.63, 3.8) is 0 Å². The summed E-state index contributed by atoms with van der Waals surface area (Å²) in [6.07, 6.45) is 0. The first-order valence-corrected chi connectivity index (χ1v) is 5.14. The zero-order valence-electron chi connectivity index (χ0n) is 5.35. The van der Waals surface area contributed by atoms with Gasteiger partial charge in [0.15, 0.2) is 0 Å². The maximum absolute atomic E-state index is 10.3. The highest BCUT2D eigenvalue weighted by molar-refractivity contribution is 7.88. The van der Waals surface area contributed by atoms with E-state index in [1.807, 2.05) is 0 Å². The molecule has 3 unspecified atom stereocenters. The molecule has 0 bridgehead atoms. The summed E-state index contributed by atoms with van der Waals surface area (Å²) in [5, 5.41) is 15.4. The van der Waals surface area contributed by atoms with Crippen molar-refractivity contribution in [2.45, 2.75) is 15.3 Å². The Morgan fingerprint density at radius 1 is 1.33 bits per heavy atom. The number of aliphatic hydroxyl groups is 2. The smallest absolute Gasteiger partial charge is 0.311 e. The van der Waals surface area contributed by atoms with Gasteiger partial charge in [-0.15, -0.1) is 11.6 Å². The lowest BCUT2D eigenvalue weighted by atomic mass is 10.5. The lowest BCUT2D eigenvalue weighted by Crippen LogP contribution is -2.45. The topological polar surface area (TPSA) is 94.8 Å². The van der Waals surface area contributed by atoms with Crippen molar-refractivity contribution >= 4 is 44.9 Å². The van der Waals surface area contributed by atoms with Crippen LogP contribution in [0.3, 0.4) is 0 Å². The number of rotatable bonds is 3. The Balaban J connectivity index is 4.87. The first kappa shape index (κ1) is 12.7. The van der Waals surface area contributed by atoms with Crippen molar-refractivity contribution in [3.8, 4) is 0 Å². The van der Waals surface area contributed by atoms with Crippen LogP contribution in [0.2, 0.25) is 0 Å². The molecule has 0 radical (unpaired) electrons. The Bertz CT molecular complexity index is 247. The van der Waals surface area contributed by atoms with Gasteiger partial charge in [-0.3, -0.25) is 4.55 Å². The molecule has 0 aliphatic carbocycles. The van der Waals surface area contributed by atoms with E-state index in [4.69, 9.17) is 49.6 Å². The van der Waals surface area contributed by atoms with Crippen molar-refractivity contribution in [1.29, 1.82) is 0 Å². The second kappa shape index (κ2) is 3.83. The molecule has 0 aromatic rings. The van der Waals surface area contributed by atoms with Gasteiger partial charge in [-0.1, -0.05) is 23.2 Å². The van der Waals surface area contributed by atoms with Crippen LogP contribution in [0.1, 0.15) is 0 Å². The largest absolute Gasteiger partial charge is 0.376 e. The summed E-state index contributed by atoms with van der Waals surface area (Å²) in [5.41, 5.74) is -1.91. The fourth-order valence-electron chi connectivity index (χ4n) is 0.312. The van der Waals surface area contributed by atoms with Crippen LogP contribution in [0, 0.1) is 0 Å². The quantitative estimate of drug-likeness (QED) is 0.487. The summed E-state index contributed by atoms with van der Waals surface area (Å²) < 4.78 is 25.7. The molecular weight excluding hydrogens is 254 g/mol. The molecule has 3 atom stereocenters. The molecule has 74 valence electrons. The van der Waals surface area contributed by atoms with E-state index >= 15 is 0 Å². The van der Waals surface area contributed by atoms with E-state index in [1.54, 1.807) is 0 Å². The van der Waals surface area contributed by atoms with E-state index in [2.05, 4.69) is 0 Å². The summed E-state index contributed by atoms with van der Waals surface area (Å²) in [4.78, 5) is 0. The fourth-order valence-corrected chi connectivity index (χ4v) is 1.50. The van der Waals surface area contributed by atoms with Crippen molar-refractivity contribution in [2.75, 3.05) is 0 Å². The SMILES string of the molecule is O=S(=O)(O)C(O)(Cl)C(Cl)C(O)Cl. The summed E-state index contributed by atoms with van der Waals surface area (Å²) in [7, 11) is -5.00. The van der Waals surface area contributed by atoms with Gasteiger partial charge in [0.05, 0.1) is 0 Å². The molecule has 0 aromatic heterocycles. The highest BCUT2D eigenvalue weighted by atomic mass is 35.5. The molecular formula is C3H5Cl3O5S. The second-order valence-corrected chi connectivity index (χ2v) is 5.15. The minimum atomic E-state index is -5.00. The summed E-state index contributed by atoms with van der Waals surface area (Å²) in [5.74, 6) is 0. The van der Waals surface area contributed by atoms with Crippen LogP contribution >= 0.6 is 34.8 Å². The van der Waals surface area contributed by atoms with Crippen LogP contribution in [0.15, 0.2) is 0 Å². The van der Waals surface area contributed by atoms with Gasteiger partial charge in [-0.25, -0.2) is 0 Å². The number of aliphatic hydroxyl groups excluding tert-OH is 1. The zero-order chi connectivity index (χ0) is 10.2. The van der Waals surface area contributed by atoms with E-state index < -0.39 is 25.5 Å². The molecule has 0 amide bonds. The molecule has 9 heteroatoms. The van der Waals surface area contributed by atoms with Crippen molar-refractivity contribution in [1.82, 2.24) is 0 Å². The molecule has 0 aliphatic heterocycles.